The van der Waals surface area contributed by atoms with Crippen molar-refractivity contribution in [2.24, 2.45) is 0 Å². The molecule has 102 valence electrons. The quantitative estimate of drug-likeness (QED) is 0.748. The summed E-state index contributed by atoms with van der Waals surface area (Å²) in [7, 11) is 1.61. The van der Waals surface area contributed by atoms with Gasteiger partial charge >= 0.3 is 0 Å². The van der Waals surface area contributed by atoms with Gasteiger partial charge in [-0.1, -0.05) is 26.8 Å². The molecule has 0 saturated heterocycles. The van der Waals surface area contributed by atoms with Crippen molar-refractivity contribution >= 4 is 5.69 Å². The lowest BCUT2D eigenvalue weighted by Gasteiger charge is -2.22. The van der Waals surface area contributed by atoms with E-state index >= 15 is 0 Å². The molecule has 1 aromatic rings. The van der Waals surface area contributed by atoms with E-state index in [9.17, 15) is 5.11 Å². The van der Waals surface area contributed by atoms with Gasteiger partial charge in [0.1, 0.15) is 5.75 Å². The molecule has 18 heavy (non-hydrogen) atoms. The fraction of sp³-hybridized carbons (Fsp3) is 0.571. The van der Waals surface area contributed by atoms with Crippen LogP contribution in [0.4, 0.5) is 5.69 Å². The van der Waals surface area contributed by atoms with Gasteiger partial charge in [-0.2, -0.15) is 0 Å². The van der Waals surface area contributed by atoms with Gasteiger partial charge in [-0.05, 0) is 23.1 Å². The fourth-order valence-corrected chi connectivity index (χ4v) is 1.60. The van der Waals surface area contributed by atoms with Crippen molar-refractivity contribution in [2.45, 2.75) is 32.3 Å². The van der Waals surface area contributed by atoms with E-state index in [4.69, 9.17) is 9.84 Å². The van der Waals surface area contributed by atoms with E-state index in [0.29, 0.717) is 6.54 Å². The van der Waals surface area contributed by atoms with Gasteiger partial charge in [0.2, 0.25) is 0 Å². The molecule has 0 aliphatic carbocycles. The number of hydrogen-bond acceptors (Lipinski definition) is 4. The minimum atomic E-state index is -0.770. The third-order valence-corrected chi connectivity index (χ3v) is 2.80. The Balaban J connectivity index is 2.92. The summed E-state index contributed by atoms with van der Waals surface area (Å²) in [5.41, 5.74) is 2.07. The Labute approximate surface area is 109 Å². The van der Waals surface area contributed by atoms with Crippen LogP contribution in [0.2, 0.25) is 0 Å². The number of benzene rings is 1. The van der Waals surface area contributed by atoms with E-state index in [-0.39, 0.29) is 12.0 Å². The van der Waals surface area contributed by atoms with Gasteiger partial charge in [-0.3, -0.25) is 0 Å². The van der Waals surface area contributed by atoms with Gasteiger partial charge in [-0.15, -0.1) is 0 Å². The number of aliphatic hydroxyl groups excluding tert-OH is 2. The Hall–Kier alpha value is -1.26. The molecule has 0 aliphatic rings. The Morgan fingerprint density at radius 3 is 2.50 bits per heavy atom. The standard InChI is InChI=1S/C14H23NO3/c1-14(2,3)10-5-6-13(18-4)12(7-10)15-8-11(17)9-16/h5-7,11,15-17H,8-9H2,1-4H3. The minimum Gasteiger partial charge on any atom is -0.495 e. The van der Waals surface area contributed by atoms with Crippen LogP contribution < -0.4 is 10.1 Å². The van der Waals surface area contributed by atoms with Gasteiger partial charge in [-0.25, -0.2) is 0 Å². The van der Waals surface area contributed by atoms with Crippen molar-refractivity contribution in [1.82, 2.24) is 0 Å². The van der Waals surface area contributed by atoms with Crippen LogP contribution in [0.25, 0.3) is 0 Å². The molecule has 0 radical (unpaired) electrons. The molecule has 3 N–H and O–H groups in total. The first-order valence-corrected chi connectivity index (χ1v) is 6.09. The van der Waals surface area contributed by atoms with Crippen LogP contribution in [0, 0.1) is 0 Å². The summed E-state index contributed by atoms with van der Waals surface area (Å²) in [5.74, 6) is 0.730. The monoisotopic (exact) mass is 253 g/mol. The molecule has 0 heterocycles. The number of methoxy groups -OCH3 is 1. The Morgan fingerprint density at radius 1 is 1.33 bits per heavy atom. The lowest BCUT2D eigenvalue weighted by molar-refractivity contribution is 0.105. The van der Waals surface area contributed by atoms with E-state index in [2.05, 4.69) is 26.1 Å². The maximum atomic E-state index is 9.36. The zero-order chi connectivity index (χ0) is 13.8. The molecule has 0 fully saturated rings. The molecule has 0 amide bonds. The summed E-state index contributed by atoms with van der Waals surface area (Å²) in [6.45, 7) is 6.46. The first-order valence-electron chi connectivity index (χ1n) is 6.09. The SMILES string of the molecule is COc1ccc(C(C)(C)C)cc1NCC(O)CO. The van der Waals surface area contributed by atoms with Gasteiger partial charge < -0.3 is 20.3 Å². The second-order valence-electron chi connectivity index (χ2n) is 5.38. The van der Waals surface area contributed by atoms with Crippen molar-refractivity contribution in [2.75, 3.05) is 25.6 Å². The minimum absolute atomic E-state index is 0.0539. The van der Waals surface area contributed by atoms with E-state index < -0.39 is 6.10 Å². The Morgan fingerprint density at radius 2 is 2.00 bits per heavy atom. The second-order valence-corrected chi connectivity index (χ2v) is 5.38. The second kappa shape index (κ2) is 6.07. The maximum Gasteiger partial charge on any atom is 0.141 e. The molecule has 0 aromatic heterocycles. The highest BCUT2D eigenvalue weighted by molar-refractivity contribution is 5.59. The van der Waals surface area contributed by atoms with Crippen LogP contribution in [0.3, 0.4) is 0 Å². The van der Waals surface area contributed by atoms with Crippen molar-refractivity contribution in [3.8, 4) is 5.75 Å². The van der Waals surface area contributed by atoms with Gasteiger partial charge in [0, 0.05) is 6.54 Å². The molecule has 1 atom stereocenters. The van der Waals surface area contributed by atoms with E-state index in [1.54, 1.807) is 7.11 Å². The zero-order valence-electron chi connectivity index (χ0n) is 11.5. The van der Waals surface area contributed by atoms with E-state index in [1.807, 2.05) is 18.2 Å². The zero-order valence-corrected chi connectivity index (χ0v) is 11.5. The number of hydrogen-bond donors (Lipinski definition) is 3. The fourth-order valence-electron chi connectivity index (χ4n) is 1.60. The van der Waals surface area contributed by atoms with Crippen LogP contribution in [-0.2, 0) is 5.41 Å². The smallest absolute Gasteiger partial charge is 0.141 e. The molecule has 0 saturated carbocycles. The topological polar surface area (TPSA) is 61.7 Å². The highest BCUT2D eigenvalue weighted by atomic mass is 16.5. The first kappa shape index (κ1) is 14.8. The summed E-state index contributed by atoms with van der Waals surface area (Å²) in [4.78, 5) is 0. The van der Waals surface area contributed by atoms with E-state index in [1.165, 1.54) is 5.56 Å². The molecule has 0 bridgehead atoms. The van der Waals surface area contributed by atoms with E-state index in [0.717, 1.165) is 11.4 Å². The average molecular weight is 253 g/mol. The van der Waals surface area contributed by atoms with Gasteiger partial charge in [0.05, 0.1) is 25.5 Å². The summed E-state index contributed by atoms with van der Waals surface area (Å²) >= 11 is 0. The largest absolute Gasteiger partial charge is 0.495 e. The molecule has 4 nitrogen and oxygen atoms in total. The van der Waals surface area contributed by atoms with Crippen molar-refractivity contribution < 1.29 is 14.9 Å². The first-order chi connectivity index (χ1) is 8.38. The number of anilines is 1. The summed E-state index contributed by atoms with van der Waals surface area (Å²) < 4.78 is 5.27. The highest BCUT2D eigenvalue weighted by Crippen LogP contribution is 2.31. The van der Waals surface area contributed by atoms with Crippen LogP contribution in [0.1, 0.15) is 26.3 Å². The number of ether oxygens (including phenoxy) is 1. The molecule has 1 unspecified atom stereocenters. The molecular formula is C14H23NO3. The summed E-state index contributed by atoms with van der Waals surface area (Å²) in [6.07, 6.45) is -0.770. The predicted octanol–water partition coefficient (Wildman–Crippen LogP) is 1.76. The van der Waals surface area contributed by atoms with Crippen LogP contribution in [0.15, 0.2) is 18.2 Å². The maximum absolute atomic E-state index is 9.36. The lowest BCUT2D eigenvalue weighted by Crippen LogP contribution is -2.23. The molecule has 1 aromatic carbocycles. The molecular weight excluding hydrogens is 230 g/mol. The normalized spacial score (nSPS) is 13.2. The predicted molar refractivity (Wildman–Crippen MR) is 73.3 cm³/mol. The summed E-state index contributed by atoms with van der Waals surface area (Å²) in [5, 5.41) is 21.3. The highest BCUT2D eigenvalue weighted by Gasteiger charge is 2.16. The lowest BCUT2D eigenvalue weighted by atomic mass is 9.87. The molecule has 1 rings (SSSR count). The summed E-state index contributed by atoms with van der Waals surface area (Å²) in [6, 6.07) is 5.96. The molecule has 4 heteroatoms. The number of rotatable bonds is 5. The van der Waals surface area contributed by atoms with Crippen LogP contribution >= 0.6 is 0 Å². The Kier molecular flexibility index (Phi) is 4.99. The van der Waals surface area contributed by atoms with Gasteiger partial charge in [0.25, 0.3) is 0 Å². The van der Waals surface area contributed by atoms with Gasteiger partial charge in [0.15, 0.2) is 0 Å². The van der Waals surface area contributed by atoms with Crippen LogP contribution in [0.5, 0.6) is 5.75 Å². The van der Waals surface area contributed by atoms with Crippen molar-refractivity contribution in [3.63, 3.8) is 0 Å². The third kappa shape index (κ3) is 3.89. The third-order valence-electron chi connectivity index (χ3n) is 2.80. The number of nitrogens with one attached hydrogen (secondary N) is 1. The number of aliphatic hydroxyl groups is 2. The van der Waals surface area contributed by atoms with Crippen molar-refractivity contribution in [1.29, 1.82) is 0 Å². The van der Waals surface area contributed by atoms with Crippen molar-refractivity contribution in [3.05, 3.63) is 23.8 Å². The molecule has 0 aliphatic heterocycles. The Bertz CT molecular complexity index is 385. The van der Waals surface area contributed by atoms with Crippen LogP contribution in [-0.4, -0.2) is 36.6 Å². The molecule has 0 spiro atoms. The average Bonchev–Trinajstić information content (AvgIpc) is 2.34.